The zero-order valence-corrected chi connectivity index (χ0v) is 30.3. The van der Waals surface area contributed by atoms with Crippen molar-refractivity contribution in [1.82, 2.24) is 29.7 Å². The Labute approximate surface area is 299 Å². The van der Waals surface area contributed by atoms with E-state index in [1.54, 1.807) is 18.6 Å². The van der Waals surface area contributed by atoms with E-state index in [9.17, 15) is 4.79 Å². The molecule has 7 rings (SSSR count). The predicted molar refractivity (Wildman–Crippen MR) is 204 cm³/mol. The third kappa shape index (κ3) is 7.35. The Morgan fingerprint density at radius 3 is 2.22 bits per heavy atom. The Morgan fingerprint density at radius 1 is 0.863 bits per heavy atom. The maximum Gasteiger partial charge on any atom is 0.326 e. The first-order valence-corrected chi connectivity index (χ1v) is 19.2. The van der Waals surface area contributed by atoms with Crippen molar-refractivity contribution in [2.75, 3.05) is 17.2 Å². The molecule has 0 saturated heterocycles. The molecule has 0 bridgehead atoms. The highest BCUT2D eigenvalue weighted by Crippen LogP contribution is 2.39. The molecule has 0 aliphatic heterocycles. The SMILES string of the molecule is CC(CO[Si](c1ccccc1)(c1ccccc1)C(C)(C)C)n1cnnc1-c1cccc(NC(=O)Nc2cc(-c3ccc(C4CC4)nc3)ccn2)n1. The van der Waals surface area contributed by atoms with Crippen LogP contribution in [0.2, 0.25) is 5.04 Å². The van der Waals surface area contributed by atoms with E-state index in [2.05, 4.69) is 119 Å². The first-order valence-electron chi connectivity index (χ1n) is 17.3. The Balaban J connectivity index is 1.06. The van der Waals surface area contributed by atoms with Gasteiger partial charge >= 0.3 is 6.03 Å². The summed E-state index contributed by atoms with van der Waals surface area (Å²) in [5.74, 6) is 1.96. The highest BCUT2D eigenvalue weighted by molar-refractivity contribution is 6.99. The molecule has 2 N–H and O–H groups in total. The number of hydrogen-bond acceptors (Lipinski definition) is 7. The number of nitrogens with zero attached hydrogens (tertiary/aromatic N) is 6. The number of hydrogen-bond donors (Lipinski definition) is 2. The summed E-state index contributed by atoms with van der Waals surface area (Å²) in [6.45, 7) is 9.34. The lowest BCUT2D eigenvalue weighted by molar-refractivity contribution is 0.246. The zero-order valence-electron chi connectivity index (χ0n) is 29.3. The van der Waals surface area contributed by atoms with Crippen LogP contribution < -0.4 is 21.0 Å². The fourth-order valence-electron chi connectivity index (χ4n) is 6.60. The number of anilines is 2. The van der Waals surface area contributed by atoms with Crippen LogP contribution in [0.15, 0.2) is 122 Å². The summed E-state index contributed by atoms with van der Waals surface area (Å²) in [5.41, 5.74) is 3.60. The molecule has 11 heteroatoms. The molecule has 258 valence electrons. The molecular formula is C40H42N8O2Si. The number of pyridine rings is 3. The van der Waals surface area contributed by atoms with Crippen LogP contribution in [0.5, 0.6) is 0 Å². The van der Waals surface area contributed by atoms with Crippen molar-refractivity contribution in [3.05, 3.63) is 128 Å². The maximum atomic E-state index is 13.1. The molecule has 10 nitrogen and oxygen atoms in total. The Bertz CT molecular complexity index is 2060. The van der Waals surface area contributed by atoms with E-state index in [1.165, 1.54) is 23.2 Å². The lowest BCUT2D eigenvalue weighted by Gasteiger charge is -2.43. The van der Waals surface area contributed by atoms with Gasteiger partial charge in [-0.1, -0.05) is 93.6 Å². The van der Waals surface area contributed by atoms with Crippen LogP contribution in [0, 0.1) is 0 Å². The summed E-state index contributed by atoms with van der Waals surface area (Å²) in [5, 5.41) is 16.6. The van der Waals surface area contributed by atoms with Crippen LogP contribution in [0.3, 0.4) is 0 Å². The average molecular weight is 695 g/mol. The third-order valence-electron chi connectivity index (χ3n) is 9.34. The molecule has 1 aliphatic carbocycles. The standard InChI is InChI=1S/C40H42N8O2Si/c1-28(26-50-51(40(2,3)4,32-12-7-5-8-13-32)33-14-9-6-10-15-33)48-27-43-47-38(48)35-16-11-17-36(44-35)45-39(49)46-37-24-30(22-23-41-37)31-20-21-34(42-25-31)29-18-19-29/h5-17,20-25,27-29H,18-19,26H2,1-4H3,(H2,41,44,45,46,49). The van der Waals surface area contributed by atoms with Crippen molar-refractivity contribution in [2.45, 2.75) is 57.5 Å². The van der Waals surface area contributed by atoms with Gasteiger partial charge in [0.1, 0.15) is 23.7 Å². The van der Waals surface area contributed by atoms with Crippen molar-refractivity contribution >= 4 is 36.4 Å². The van der Waals surface area contributed by atoms with Gasteiger partial charge in [0.05, 0.1) is 12.6 Å². The van der Waals surface area contributed by atoms with Crippen LogP contribution in [0.25, 0.3) is 22.6 Å². The van der Waals surface area contributed by atoms with E-state index < -0.39 is 14.3 Å². The number of aromatic nitrogens is 6. The largest absolute Gasteiger partial charge is 0.405 e. The highest BCUT2D eigenvalue weighted by Gasteiger charge is 2.50. The number of rotatable bonds is 11. The normalized spacial score (nSPS) is 13.8. The van der Waals surface area contributed by atoms with Crippen molar-refractivity contribution in [1.29, 1.82) is 0 Å². The predicted octanol–water partition coefficient (Wildman–Crippen LogP) is 7.46. The molecule has 1 aliphatic rings. The molecule has 1 fully saturated rings. The first kappa shape index (κ1) is 33.9. The minimum atomic E-state index is -2.74. The Hall–Kier alpha value is -5.52. The molecule has 2 aromatic carbocycles. The quantitative estimate of drug-likeness (QED) is 0.135. The molecule has 1 unspecified atom stereocenters. The van der Waals surface area contributed by atoms with E-state index in [4.69, 9.17) is 9.41 Å². The van der Waals surface area contributed by atoms with Crippen molar-refractivity contribution in [3.63, 3.8) is 0 Å². The Morgan fingerprint density at radius 2 is 1.57 bits per heavy atom. The van der Waals surface area contributed by atoms with E-state index >= 15 is 0 Å². The molecule has 4 heterocycles. The molecular weight excluding hydrogens is 653 g/mol. The van der Waals surface area contributed by atoms with Crippen LogP contribution in [-0.2, 0) is 4.43 Å². The van der Waals surface area contributed by atoms with Crippen LogP contribution >= 0.6 is 0 Å². The summed E-state index contributed by atoms with van der Waals surface area (Å²) in [6.07, 6.45) is 7.67. The fraction of sp³-hybridized carbons (Fsp3) is 0.250. The van der Waals surface area contributed by atoms with Crippen molar-refractivity contribution in [2.24, 2.45) is 0 Å². The summed E-state index contributed by atoms with van der Waals surface area (Å²) < 4.78 is 9.17. The van der Waals surface area contributed by atoms with Gasteiger partial charge in [-0.3, -0.25) is 15.6 Å². The van der Waals surface area contributed by atoms with Gasteiger partial charge in [0.15, 0.2) is 5.82 Å². The molecule has 1 saturated carbocycles. The molecule has 0 radical (unpaired) electrons. The van der Waals surface area contributed by atoms with Gasteiger partial charge in [0, 0.05) is 29.6 Å². The summed E-state index contributed by atoms with van der Waals surface area (Å²) >= 11 is 0. The number of nitrogens with one attached hydrogen (secondary N) is 2. The van der Waals surface area contributed by atoms with Gasteiger partial charge in [-0.2, -0.15) is 0 Å². The topological polar surface area (TPSA) is 120 Å². The minimum Gasteiger partial charge on any atom is -0.405 e. The average Bonchev–Trinajstić information content (AvgIpc) is 3.88. The minimum absolute atomic E-state index is 0.114. The summed E-state index contributed by atoms with van der Waals surface area (Å²) in [7, 11) is -2.74. The van der Waals surface area contributed by atoms with Gasteiger partial charge in [0.25, 0.3) is 8.32 Å². The second kappa shape index (κ2) is 14.4. The number of carbonyl (C=O) groups excluding carboxylic acids is 1. The zero-order chi connectivity index (χ0) is 35.4. The van der Waals surface area contributed by atoms with Crippen LogP contribution in [-0.4, -0.2) is 50.7 Å². The van der Waals surface area contributed by atoms with E-state index in [0.717, 1.165) is 16.8 Å². The number of benzene rings is 2. The number of amides is 2. The maximum absolute atomic E-state index is 13.1. The third-order valence-corrected chi connectivity index (χ3v) is 14.3. The number of urea groups is 1. The fourth-order valence-corrected chi connectivity index (χ4v) is 11.3. The van der Waals surface area contributed by atoms with Gasteiger partial charge in [-0.05, 0) is 71.1 Å². The van der Waals surface area contributed by atoms with Gasteiger partial charge in [-0.15, -0.1) is 10.2 Å². The second-order valence-electron chi connectivity index (χ2n) is 14.0. The monoisotopic (exact) mass is 694 g/mol. The smallest absolute Gasteiger partial charge is 0.326 e. The van der Waals surface area contributed by atoms with E-state index in [1.807, 2.05) is 47.2 Å². The summed E-state index contributed by atoms with van der Waals surface area (Å²) in [4.78, 5) is 26.7. The lowest BCUT2D eigenvalue weighted by atomic mass is 10.1. The second-order valence-corrected chi connectivity index (χ2v) is 18.4. The molecule has 1 atom stereocenters. The van der Waals surface area contributed by atoms with E-state index in [-0.39, 0.29) is 11.1 Å². The van der Waals surface area contributed by atoms with Crippen LogP contribution in [0.4, 0.5) is 16.4 Å². The molecule has 6 aromatic rings. The van der Waals surface area contributed by atoms with Gasteiger partial charge in [-0.25, -0.2) is 14.8 Å². The lowest BCUT2D eigenvalue weighted by Crippen LogP contribution is -2.66. The van der Waals surface area contributed by atoms with Gasteiger partial charge in [0.2, 0.25) is 0 Å². The first-order chi connectivity index (χ1) is 24.7. The Kier molecular flexibility index (Phi) is 9.57. The van der Waals surface area contributed by atoms with Crippen LogP contribution in [0.1, 0.15) is 58.2 Å². The van der Waals surface area contributed by atoms with E-state index in [0.29, 0.717) is 35.7 Å². The summed E-state index contributed by atoms with van der Waals surface area (Å²) in [6, 6.07) is 33.9. The molecule has 2 amide bonds. The molecule has 4 aromatic heterocycles. The number of carbonyl (C=O) groups is 1. The van der Waals surface area contributed by atoms with Gasteiger partial charge < -0.3 is 8.99 Å². The highest BCUT2D eigenvalue weighted by atomic mass is 28.4. The van der Waals surface area contributed by atoms with Crippen molar-refractivity contribution in [3.8, 4) is 22.6 Å². The molecule has 0 spiro atoms. The van der Waals surface area contributed by atoms with Crippen molar-refractivity contribution < 1.29 is 9.22 Å². The molecule has 51 heavy (non-hydrogen) atoms.